The molecule has 10 heteroatoms. The molecule has 0 saturated carbocycles. The van der Waals surface area contributed by atoms with Crippen LogP contribution in [-0.4, -0.2) is 85.5 Å². The van der Waals surface area contributed by atoms with Gasteiger partial charge in [-0.1, -0.05) is 0 Å². The molecule has 0 spiro atoms. The molecule has 0 aromatic rings. The third-order valence-electron chi connectivity index (χ3n) is 2.96. The SMILES string of the molecule is [SiH3][Si]1([SiH3])[SiH2][SiH2][Si]([SiH3])([SiH3])[SiH2][SiH2]1. The van der Waals surface area contributed by atoms with Crippen molar-refractivity contribution in [2.24, 2.45) is 0 Å². The first-order valence-corrected chi connectivity index (χ1v) is 39.7. The van der Waals surface area contributed by atoms with Gasteiger partial charge in [0, 0.05) is 0 Å². The van der Waals surface area contributed by atoms with E-state index < -0.39 is 0 Å². The Bertz CT molecular complexity index is 92.0. The highest BCUT2D eigenvalue weighted by molar-refractivity contribution is 8.10. The quantitative estimate of drug-likeness (QED) is 0.390. The van der Waals surface area contributed by atoms with Crippen LogP contribution in [0.3, 0.4) is 0 Å². The molecule has 10 heavy (non-hydrogen) atoms. The van der Waals surface area contributed by atoms with Crippen molar-refractivity contribution in [1.82, 2.24) is 0 Å². The minimum absolute atomic E-state index is 0.0789. The summed E-state index contributed by atoms with van der Waals surface area (Å²) in [7, 11) is 10.8. The highest BCUT2D eigenvalue weighted by Crippen LogP contribution is 1.97. The fourth-order valence-corrected chi connectivity index (χ4v) is 390. The molecule has 0 atom stereocenters. The summed E-state index contributed by atoms with van der Waals surface area (Å²) in [6.07, 6.45) is 0.158. The first-order valence-electron chi connectivity index (χ1n) is 4.41. The molecule has 60 valence electrons. The standard InChI is InChI=1S/H20Si10/c1-9(2)5-7-10(3,4)8-6-9/h5-8H2,1-4H3. The number of rotatable bonds is 0. The average molecular weight is 301 g/mol. The minimum Gasteiger partial charge on any atom is -0.0110 e. The van der Waals surface area contributed by atoms with E-state index in [-0.39, 0.29) is 12.3 Å². The van der Waals surface area contributed by atoms with Crippen LogP contribution >= 0.6 is 0 Å². The van der Waals surface area contributed by atoms with Crippen molar-refractivity contribution < 1.29 is 0 Å². The summed E-state index contributed by atoms with van der Waals surface area (Å²) in [6.45, 7) is 0. The van der Waals surface area contributed by atoms with E-state index in [1.54, 1.807) is 0 Å². The third-order valence-corrected chi connectivity index (χ3v) is 240. The maximum absolute atomic E-state index is 1.84. The molecule has 0 aromatic carbocycles. The summed E-state index contributed by atoms with van der Waals surface area (Å²) in [5, 5.41) is 0. The number of hydrogen-bond acceptors (Lipinski definition) is 0. The largest absolute Gasteiger partial charge is 0.0110 e. The van der Waals surface area contributed by atoms with Crippen LogP contribution in [-0.2, 0) is 0 Å². The Hall–Kier alpha value is 2.17. The van der Waals surface area contributed by atoms with Crippen molar-refractivity contribution >= 4 is 85.5 Å². The van der Waals surface area contributed by atoms with Gasteiger partial charge >= 0.3 is 0 Å². The van der Waals surface area contributed by atoms with Gasteiger partial charge in [-0.05, 0) is 85.5 Å². The summed E-state index contributed by atoms with van der Waals surface area (Å²) in [6, 6.07) is 0. The minimum atomic E-state index is 0.0789. The predicted molar refractivity (Wildman–Crippen MR) is 85.4 cm³/mol. The molecule has 1 aliphatic heterocycles. The van der Waals surface area contributed by atoms with Crippen molar-refractivity contribution in [3.8, 4) is 0 Å². The fraction of sp³-hybridized carbons (Fsp3) is 0. The van der Waals surface area contributed by atoms with Crippen LogP contribution < -0.4 is 0 Å². The van der Waals surface area contributed by atoms with Crippen molar-refractivity contribution in [2.75, 3.05) is 0 Å². The van der Waals surface area contributed by atoms with Crippen molar-refractivity contribution in [1.29, 1.82) is 0 Å². The molecule has 1 saturated heterocycles. The zero-order valence-corrected chi connectivity index (χ0v) is 23.5. The first kappa shape index (κ1) is 10.3. The molecule has 1 heterocycles. The molecule has 0 nitrogen and oxygen atoms in total. The molecular weight excluding hydrogens is 281 g/mol. The lowest BCUT2D eigenvalue weighted by Gasteiger charge is -2.35. The highest BCUT2D eigenvalue weighted by Gasteiger charge is 2.34. The van der Waals surface area contributed by atoms with E-state index in [9.17, 15) is 0 Å². The van der Waals surface area contributed by atoms with Crippen molar-refractivity contribution in [3.05, 3.63) is 0 Å². The van der Waals surface area contributed by atoms with Crippen LogP contribution in [0.5, 0.6) is 0 Å². The molecular formula is H20Si10. The highest BCUT2D eigenvalue weighted by atomic mass is 30.4. The Morgan fingerprint density at radius 3 is 1.00 bits per heavy atom. The zero-order valence-electron chi connectivity index (χ0n) is 7.83. The van der Waals surface area contributed by atoms with Crippen LogP contribution in [0.4, 0.5) is 0 Å². The molecule has 1 fully saturated rings. The van der Waals surface area contributed by atoms with Crippen LogP contribution in [0.25, 0.3) is 0 Å². The Balaban J connectivity index is 2.46. The van der Waals surface area contributed by atoms with Gasteiger partial charge in [-0.2, -0.15) is 0 Å². The maximum atomic E-state index is 1.84. The van der Waals surface area contributed by atoms with E-state index in [0.29, 0.717) is 0 Å². The lowest BCUT2D eigenvalue weighted by Crippen LogP contribution is -2.72. The van der Waals surface area contributed by atoms with Gasteiger partial charge in [0.2, 0.25) is 0 Å². The lowest BCUT2D eigenvalue weighted by molar-refractivity contribution is 3.41. The first-order chi connectivity index (χ1) is 4.41. The molecule has 0 aliphatic carbocycles. The number of hydrogen-bond donors (Lipinski definition) is 0. The Morgan fingerprint density at radius 1 is 0.600 bits per heavy atom. The van der Waals surface area contributed by atoms with E-state index in [1.807, 2.05) is 39.0 Å². The van der Waals surface area contributed by atoms with E-state index in [0.717, 1.165) is 34.2 Å². The topological polar surface area (TPSA) is 0 Å². The maximum Gasteiger partial charge on any atom is -0.00581 e. The fourth-order valence-electron chi connectivity index (χ4n) is 1.60. The average Bonchev–Trinajstić information content (AvgIpc) is 1.79. The normalized spacial score (nSPS) is 60.0. The lowest BCUT2D eigenvalue weighted by atomic mass is 25.7. The van der Waals surface area contributed by atoms with Gasteiger partial charge < -0.3 is 0 Å². The zero-order chi connectivity index (χ0) is 7.83. The van der Waals surface area contributed by atoms with Gasteiger partial charge in [0.05, 0.1) is 0 Å². The molecule has 0 amide bonds. The Labute approximate surface area is 85.0 Å². The Morgan fingerprint density at radius 2 is 0.800 bits per heavy atom. The van der Waals surface area contributed by atoms with Crippen LogP contribution in [0.2, 0.25) is 0 Å². The molecule has 0 unspecified atom stereocenters. The van der Waals surface area contributed by atoms with E-state index in [1.165, 1.54) is 0 Å². The molecule has 0 bridgehead atoms. The summed E-state index contributed by atoms with van der Waals surface area (Å²) in [4.78, 5) is 0. The summed E-state index contributed by atoms with van der Waals surface area (Å²) in [5.74, 6) is 0. The monoisotopic (exact) mass is 300 g/mol. The van der Waals surface area contributed by atoms with Crippen LogP contribution in [0.1, 0.15) is 0 Å². The van der Waals surface area contributed by atoms with Crippen LogP contribution in [0.15, 0.2) is 0 Å². The summed E-state index contributed by atoms with van der Waals surface area (Å²) in [5.41, 5.74) is 0. The second-order valence-corrected chi connectivity index (χ2v) is 144. The third kappa shape index (κ3) is 3.27. The predicted octanol–water partition coefficient (Wildman–Crippen LogP) is -9.16. The summed E-state index contributed by atoms with van der Waals surface area (Å²) < 4.78 is 0. The van der Waals surface area contributed by atoms with Crippen LogP contribution in [0, 0.1) is 0 Å². The smallest absolute Gasteiger partial charge is 0.00581 e. The van der Waals surface area contributed by atoms with Gasteiger partial charge in [0.1, 0.15) is 0 Å². The molecule has 0 radical (unpaired) electrons. The van der Waals surface area contributed by atoms with E-state index in [4.69, 9.17) is 0 Å². The molecule has 1 aliphatic rings. The van der Waals surface area contributed by atoms with Crippen molar-refractivity contribution in [2.45, 2.75) is 0 Å². The van der Waals surface area contributed by atoms with Gasteiger partial charge in [0.15, 0.2) is 0 Å². The van der Waals surface area contributed by atoms with Gasteiger partial charge in [-0.25, -0.2) is 0 Å². The van der Waals surface area contributed by atoms with Gasteiger partial charge in [-0.3, -0.25) is 0 Å². The van der Waals surface area contributed by atoms with Gasteiger partial charge in [0.25, 0.3) is 0 Å². The molecule has 0 N–H and O–H groups in total. The second-order valence-electron chi connectivity index (χ2n) is 5.33. The van der Waals surface area contributed by atoms with E-state index >= 15 is 0 Å². The van der Waals surface area contributed by atoms with Crippen molar-refractivity contribution in [3.63, 3.8) is 0 Å². The molecule has 0 aromatic heterocycles. The van der Waals surface area contributed by atoms with E-state index in [2.05, 4.69) is 0 Å². The summed E-state index contributed by atoms with van der Waals surface area (Å²) >= 11 is 0. The second kappa shape index (κ2) is 3.50. The Kier molecular flexibility index (Phi) is 3.59. The van der Waals surface area contributed by atoms with Gasteiger partial charge in [-0.15, -0.1) is 0 Å². The molecule has 1 rings (SSSR count).